The number of carbonyl (C=O) groups is 2. The number of nitrogens with zero attached hydrogens (tertiary/aromatic N) is 1. The number of carbonyl (C=O) groups excluding carboxylic acids is 2. The van der Waals surface area contributed by atoms with Gasteiger partial charge in [0.15, 0.2) is 5.78 Å². The van der Waals surface area contributed by atoms with Gasteiger partial charge in [0.2, 0.25) is 5.91 Å². The zero-order valence-corrected chi connectivity index (χ0v) is 19.1. The van der Waals surface area contributed by atoms with E-state index in [1.165, 1.54) is 11.6 Å². The molecule has 156 valence electrons. The van der Waals surface area contributed by atoms with Crippen LogP contribution in [0.4, 0.5) is 10.1 Å². The Hall–Kier alpha value is -2.27. The monoisotopic (exact) mass is 469 g/mol. The maximum atomic E-state index is 14.7. The molecule has 0 bridgehead atoms. The summed E-state index contributed by atoms with van der Waals surface area (Å²) in [6, 6.07) is 12.6. The summed E-state index contributed by atoms with van der Waals surface area (Å²) in [5, 5.41) is 0. The van der Waals surface area contributed by atoms with Crippen molar-refractivity contribution >= 4 is 33.3 Å². The number of halogens is 2. The number of hydrogen-bond acceptors (Lipinski definition) is 2. The molecule has 2 aromatic rings. The van der Waals surface area contributed by atoms with Gasteiger partial charge in [-0.1, -0.05) is 48.8 Å². The van der Waals surface area contributed by atoms with Crippen LogP contribution in [0.5, 0.6) is 0 Å². The van der Waals surface area contributed by atoms with Gasteiger partial charge in [0.25, 0.3) is 0 Å². The van der Waals surface area contributed by atoms with Crippen LogP contribution >= 0.6 is 15.9 Å². The number of Topliss-reactive ketones (excluding diaryl/α,β-unsaturated/α-hetero) is 1. The van der Waals surface area contributed by atoms with E-state index in [0.29, 0.717) is 24.0 Å². The van der Waals surface area contributed by atoms with Crippen molar-refractivity contribution in [3.63, 3.8) is 0 Å². The fourth-order valence-electron chi connectivity index (χ4n) is 4.64. The van der Waals surface area contributed by atoms with Gasteiger partial charge < -0.3 is 0 Å². The van der Waals surface area contributed by atoms with Gasteiger partial charge >= 0.3 is 0 Å². The van der Waals surface area contributed by atoms with Gasteiger partial charge in [-0.2, -0.15) is 0 Å². The molecule has 3 nitrogen and oxygen atoms in total. The minimum absolute atomic E-state index is 0.00769. The zero-order valence-electron chi connectivity index (χ0n) is 17.5. The number of aryl methyl sites for hydroxylation is 1. The van der Waals surface area contributed by atoms with E-state index < -0.39 is 5.92 Å². The summed E-state index contributed by atoms with van der Waals surface area (Å²) in [6.45, 7) is 6.17. The molecule has 0 spiro atoms. The quantitative estimate of drug-likeness (QED) is 0.527. The average molecular weight is 470 g/mol. The number of benzene rings is 2. The summed E-state index contributed by atoms with van der Waals surface area (Å²) in [5.41, 5.74) is 3.41. The molecule has 1 amide bonds. The van der Waals surface area contributed by atoms with Crippen molar-refractivity contribution in [1.82, 2.24) is 0 Å². The third-order valence-corrected chi connectivity index (χ3v) is 6.57. The highest BCUT2D eigenvalue weighted by Crippen LogP contribution is 2.48. The largest absolute Gasteiger partial charge is 0.294 e. The summed E-state index contributed by atoms with van der Waals surface area (Å²) in [6.07, 6.45) is 1.99. The second-order valence-electron chi connectivity index (χ2n) is 8.97. The van der Waals surface area contributed by atoms with E-state index in [9.17, 15) is 14.0 Å². The maximum absolute atomic E-state index is 14.7. The number of allylic oxidation sites excluding steroid dienone is 2. The molecule has 0 radical (unpaired) electrons. The lowest BCUT2D eigenvalue weighted by Crippen LogP contribution is -2.43. The summed E-state index contributed by atoms with van der Waals surface area (Å²) in [7, 11) is 0. The van der Waals surface area contributed by atoms with Gasteiger partial charge in [-0.25, -0.2) is 4.39 Å². The molecule has 30 heavy (non-hydrogen) atoms. The molecule has 1 unspecified atom stereocenters. The summed E-state index contributed by atoms with van der Waals surface area (Å²) in [4.78, 5) is 28.3. The van der Waals surface area contributed by atoms with Crippen molar-refractivity contribution in [3.8, 4) is 0 Å². The standard InChI is InChI=1S/C25H25BrFNO2/c1-4-15-5-8-17(9-6-15)28-21-13-25(2,3)14-22(29)24(21)19(12-23(28)30)18-11-16(26)7-10-20(18)27/h5-11,19H,4,12-14H2,1-3H3. The lowest BCUT2D eigenvalue weighted by molar-refractivity contribution is -0.121. The normalized spacial score (nSPS) is 21.1. The Morgan fingerprint density at radius 3 is 2.47 bits per heavy atom. The molecule has 0 aromatic heterocycles. The minimum atomic E-state index is -0.556. The number of anilines is 1. The molecule has 0 N–H and O–H groups in total. The molecule has 1 heterocycles. The van der Waals surface area contributed by atoms with Crippen LogP contribution in [-0.2, 0) is 16.0 Å². The second kappa shape index (κ2) is 7.77. The van der Waals surface area contributed by atoms with Crippen LogP contribution in [0.1, 0.15) is 57.1 Å². The maximum Gasteiger partial charge on any atom is 0.232 e. The molecule has 0 fully saturated rings. The molecule has 0 saturated heterocycles. The van der Waals surface area contributed by atoms with Crippen molar-refractivity contribution in [2.24, 2.45) is 5.41 Å². The van der Waals surface area contributed by atoms with Crippen LogP contribution in [0.25, 0.3) is 0 Å². The third kappa shape index (κ3) is 3.76. The van der Waals surface area contributed by atoms with Crippen LogP contribution < -0.4 is 4.90 Å². The van der Waals surface area contributed by atoms with E-state index >= 15 is 0 Å². The highest BCUT2D eigenvalue weighted by atomic mass is 79.9. The SMILES string of the molecule is CCc1ccc(N2C(=O)CC(c3cc(Br)ccc3F)C3=C2CC(C)(C)CC3=O)cc1. The van der Waals surface area contributed by atoms with Crippen LogP contribution in [0.15, 0.2) is 58.2 Å². The average Bonchev–Trinajstić information content (AvgIpc) is 2.68. The Bertz CT molecular complexity index is 1060. The van der Waals surface area contributed by atoms with Crippen molar-refractivity contribution in [2.45, 2.75) is 52.4 Å². The molecular weight excluding hydrogens is 445 g/mol. The van der Waals surface area contributed by atoms with Crippen molar-refractivity contribution in [1.29, 1.82) is 0 Å². The van der Waals surface area contributed by atoms with Crippen LogP contribution in [-0.4, -0.2) is 11.7 Å². The molecule has 2 aromatic carbocycles. The summed E-state index contributed by atoms with van der Waals surface area (Å²) in [5.74, 6) is -1.04. The highest BCUT2D eigenvalue weighted by Gasteiger charge is 2.44. The number of amides is 1. The number of hydrogen-bond donors (Lipinski definition) is 0. The summed E-state index contributed by atoms with van der Waals surface area (Å²) >= 11 is 3.40. The Morgan fingerprint density at radius 2 is 1.80 bits per heavy atom. The lowest BCUT2D eigenvalue weighted by atomic mass is 9.69. The van der Waals surface area contributed by atoms with Crippen LogP contribution in [0, 0.1) is 11.2 Å². The number of rotatable bonds is 3. The topological polar surface area (TPSA) is 37.4 Å². The first kappa shape index (κ1) is 21.0. The molecule has 1 atom stereocenters. The lowest BCUT2D eigenvalue weighted by Gasteiger charge is -2.43. The van der Waals surface area contributed by atoms with Gasteiger partial charge in [-0.3, -0.25) is 14.5 Å². The third-order valence-electron chi connectivity index (χ3n) is 6.08. The van der Waals surface area contributed by atoms with E-state index in [-0.39, 0.29) is 29.3 Å². The predicted octanol–water partition coefficient (Wildman–Crippen LogP) is 6.31. The number of ketones is 1. The Kier molecular flexibility index (Phi) is 5.43. The molecule has 1 aliphatic heterocycles. The first-order valence-corrected chi connectivity index (χ1v) is 11.1. The highest BCUT2D eigenvalue weighted by molar-refractivity contribution is 9.10. The summed E-state index contributed by atoms with van der Waals surface area (Å²) < 4.78 is 15.5. The molecule has 0 saturated carbocycles. The van der Waals surface area contributed by atoms with E-state index in [4.69, 9.17) is 0 Å². The fourth-order valence-corrected chi connectivity index (χ4v) is 5.02. The predicted molar refractivity (Wildman–Crippen MR) is 120 cm³/mol. The van der Waals surface area contributed by atoms with Gasteiger partial charge in [0.1, 0.15) is 5.82 Å². The Labute approximate surface area is 185 Å². The Balaban J connectivity index is 1.90. The van der Waals surface area contributed by atoms with Crippen molar-refractivity contribution < 1.29 is 14.0 Å². The van der Waals surface area contributed by atoms with Gasteiger partial charge in [0, 0.05) is 40.2 Å². The molecule has 5 heteroatoms. The second-order valence-corrected chi connectivity index (χ2v) is 9.89. The smallest absolute Gasteiger partial charge is 0.232 e. The Morgan fingerprint density at radius 1 is 1.10 bits per heavy atom. The van der Waals surface area contributed by atoms with E-state index in [2.05, 4.69) is 22.9 Å². The molecule has 4 rings (SSSR count). The zero-order chi connectivity index (χ0) is 21.6. The van der Waals surface area contributed by atoms with E-state index in [1.807, 2.05) is 38.1 Å². The van der Waals surface area contributed by atoms with Crippen molar-refractivity contribution in [2.75, 3.05) is 4.90 Å². The van der Waals surface area contributed by atoms with Crippen LogP contribution in [0.3, 0.4) is 0 Å². The van der Waals surface area contributed by atoms with Crippen LogP contribution in [0.2, 0.25) is 0 Å². The van der Waals surface area contributed by atoms with E-state index in [1.54, 1.807) is 17.0 Å². The molecule has 2 aliphatic rings. The molecule has 1 aliphatic carbocycles. The van der Waals surface area contributed by atoms with Gasteiger partial charge in [-0.05, 0) is 59.7 Å². The van der Waals surface area contributed by atoms with Gasteiger partial charge in [0.05, 0.1) is 0 Å². The fraction of sp³-hybridized carbons (Fsp3) is 0.360. The molecular formula is C25H25BrFNO2. The van der Waals surface area contributed by atoms with Gasteiger partial charge in [-0.15, -0.1) is 0 Å². The first-order chi connectivity index (χ1) is 14.2. The van der Waals surface area contributed by atoms with E-state index in [0.717, 1.165) is 22.3 Å². The van der Waals surface area contributed by atoms with Crippen molar-refractivity contribution in [3.05, 3.63) is 75.2 Å². The minimum Gasteiger partial charge on any atom is -0.294 e. The first-order valence-electron chi connectivity index (χ1n) is 10.3.